The zero-order valence-electron chi connectivity index (χ0n) is 14.9. The van der Waals surface area contributed by atoms with Crippen molar-refractivity contribution >= 4 is 57.1 Å². The van der Waals surface area contributed by atoms with E-state index in [1.807, 2.05) is 6.92 Å². The summed E-state index contributed by atoms with van der Waals surface area (Å²) in [5.74, 6) is -0.952. The Labute approximate surface area is 175 Å². The van der Waals surface area contributed by atoms with Gasteiger partial charge in [0.05, 0.1) is 12.3 Å². The molecule has 2 aromatic rings. The third-order valence-electron chi connectivity index (χ3n) is 3.92. The largest absolute Gasteiger partial charge is 0.493 e. The summed E-state index contributed by atoms with van der Waals surface area (Å²) >= 11 is 9.25. The molecule has 3 rings (SSSR count). The molecular weight excluding hydrogens is 448 g/mol. The van der Waals surface area contributed by atoms with Gasteiger partial charge < -0.3 is 4.74 Å². The molecule has 6 nitrogen and oxygen atoms in total. The molecule has 4 amide bonds. The number of nitrogens with one attached hydrogen (secondary N) is 1. The first-order chi connectivity index (χ1) is 13.4. The van der Waals surface area contributed by atoms with Crippen molar-refractivity contribution in [2.45, 2.75) is 13.3 Å². The maximum Gasteiger partial charge on any atom is 0.335 e. The van der Waals surface area contributed by atoms with Crippen LogP contribution in [0.15, 0.2) is 52.5 Å². The molecule has 0 spiro atoms. The summed E-state index contributed by atoms with van der Waals surface area (Å²) in [5, 5.41) is 2.66. The van der Waals surface area contributed by atoms with Crippen molar-refractivity contribution in [3.8, 4) is 5.75 Å². The van der Waals surface area contributed by atoms with Crippen molar-refractivity contribution in [3.63, 3.8) is 0 Å². The molecule has 1 aliphatic heterocycles. The lowest BCUT2D eigenvalue weighted by Crippen LogP contribution is -2.54. The monoisotopic (exact) mass is 462 g/mol. The number of amides is 4. The Kier molecular flexibility index (Phi) is 6.16. The minimum atomic E-state index is -0.814. The number of nitrogens with zero attached hydrogens (tertiary/aromatic N) is 1. The molecule has 28 heavy (non-hydrogen) atoms. The van der Waals surface area contributed by atoms with Crippen LogP contribution in [0.1, 0.15) is 18.9 Å². The van der Waals surface area contributed by atoms with E-state index < -0.39 is 17.8 Å². The van der Waals surface area contributed by atoms with Gasteiger partial charge in [0.2, 0.25) is 0 Å². The van der Waals surface area contributed by atoms with Crippen LogP contribution in [0, 0.1) is 0 Å². The van der Waals surface area contributed by atoms with Crippen molar-refractivity contribution < 1.29 is 19.1 Å². The lowest BCUT2D eigenvalue weighted by molar-refractivity contribution is -0.122. The standard InChI is InChI=1S/C20H16BrClN2O4/c1-2-9-28-17-8-3-13(21)10-12(17)11-16-18(25)23-20(27)24(19(16)26)15-6-4-14(22)5-7-15/h3-8,10-11H,2,9H2,1H3,(H,23,25,27)/b16-11+. The van der Waals surface area contributed by atoms with E-state index in [2.05, 4.69) is 21.2 Å². The Morgan fingerprint density at radius 2 is 1.86 bits per heavy atom. The fraction of sp³-hybridized carbons (Fsp3) is 0.150. The van der Waals surface area contributed by atoms with Gasteiger partial charge in [-0.3, -0.25) is 14.9 Å². The SMILES string of the molecule is CCCOc1ccc(Br)cc1/C=C1\C(=O)NC(=O)N(c2ccc(Cl)cc2)C1=O. The summed E-state index contributed by atoms with van der Waals surface area (Å²) in [6.07, 6.45) is 2.23. The first-order valence-corrected chi connectivity index (χ1v) is 9.67. The zero-order chi connectivity index (χ0) is 20.3. The van der Waals surface area contributed by atoms with Gasteiger partial charge in [-0.25, -0.2) is 9.69 Å². The topological polar surface area (TPSA) is 75.7 Å². The molecule has 0 atom stereocenters. The molecule has 0 unspecified atom stereocenters. The van der Waals surface area contributed by atoms with E-state index in [9.17, 15) is 14.4 Å². The Balaban J connectivity index is 2.02. The van der Waals surface area contributed by atoms with Gasteiger partial charge in [0.25, 0.3) is 11.8 Å². The summed E-state index contributed by atoms with van der Waals surface area (Å²) in [5.41, 5.74) is 0.683. The van der Waals surface area contributed by atoms with Crippen LogP contribution in [0.25, 0.3) is 6.08 Å². The number of benzene rings is 2. The van der Waals surface area contributed by atoms with E-state index in [4.69, 9.17) is 16.3 Å². The lowest BCUT2D eigenvalue weighted by Gasteiger charge is -2.26. The van der Waals surface area contributed by atoms with Crippen molar-refractivity contribution in [2.24, 2.45) is 0 Å². The molecule has 0 saturated carbocycles. The van der Waals surface area contributed by atoms with Gasteiger partial charge in [0, 0.05) is 15.1 Å². The van der Waals surface area contributed by atoms with E-state index in [1.54, 1.807) is 30.3 Å². The number of urea groups is 1. The van der Waals surface area contributed by atoms with Gasteiger partial charge >= 0.3 is 6.03 Å². The van der Waals surface area contributed by atoms with Crippen molar-refractivity contribution in [3.05, 3.63) is 63.1 Å². The molecule has 1 heterocycles. The highest BCUT2D eigenvalue weighted by molar-refractivity contribution is 9.10. The highest BCUT2D eigenvalue weighted by Gasteiger charge is 2.36. The predicted octanol–water partition coefficient (Wildman–Crippen LogP) is 4.56. The number of anilines is 1. The second-order valence-corrected chi connectivity index (χ2v) is 7.32. The van der Waals surface area contributed by atoms with E-state index in [-0.39, 0.29) is 5.57 Å². The molecule has 0 radical (unpaired) electrons. The van der Waals surface area contributed by atoms with Gasteiger partial charge in [-0.2, -0.15) is 0 Å². The third-order valence-corrected chi connectivity index (χ3v) is 4.67. The predicted molar refractivity (Wildman–Crippen MR) is 110 cm³/mol. The fourth-order valence-electron chi connectivity index (χ4n) is 2.61. The summed E-state index contributed by atoms with van der Waals surface area (Å²) < 4.78 is 6.46. The number of imide groups is 2. The molecular formula is C20H16BrClN2O4. The zero-order valence-corrected chi connectivity index (χ0v) is 17.2. The molecule has 0 bridgehead atoms. The molecule has 0 aromatic heterocycles. The molecule has 0 aliphatic carbocycles. The highest BCUT2D eigenvalue weighted by atomic mass is 79.9. The van der Waals surface area contributed by atoms with E-state index in [0.717, 1.165) is 15.8 Å². The van der Waals surface area contributed by atoms with Crippen LogP contribution in [0.3, 0.4) is 0 Å². The first-order valence-electron chi connectivity index (χ1n) is 8.50. The van der Waals surface area contributed by atoms with Crippen molar-refractivity contribution in [2.75, 3.05) is 11.5 Å². The maximum absolute atomic E-state index is 12.9. The Morgan fingerprint density at radius 1 is 1.14 bits per heavy atom. The smallest absolute Gasteiger partial charge is 0.335 e. The summed E-state index contributed by atoms with van der Waals surface area (Å²) in [4.78, 5) is 38.4. The molecule has 1 aliphatic rings. The van der Waals surface area contributed by atoms with Crippen LogP contribution >= 0.6 is 27.5 Å². The normalized spacial score (nSPS) is 15.8. The van der Waals surface area contributed by atoms with Gasteiger partial charge in [-0.05, 0) is 55.0 Å². The summed E-state index contributed by atoms with van der Waals surface area (Å²) in [6, 6.07) is 10.7. The summed E-state index contributed by atoms with van der Waals surface area (Å²) in [6.45, 7) is 2.47. The molecule has 1 fully saturated rings. The Bertz CT molecular complexity index is 973. The number of hydrogen-bond acceptors (Lipinski definition) is 4. The third kappa shape index (κ3) is 4.26. The number of carbonyl (C=O) groups excluding carboxylic acids is 3. The van der Waals surface area contributed by atoms with Crippen LogP contribution < -0.4 is 15.0 Å². The van der Waals surface area contributed by atoms with Crippen LogP contribution in [-0.2, 0) is 9.59 Å². The van der Waals surface area contributed by atoms with Crippen molar-refractivity contribution in [1.82, 2.24) is 5.32 Å². The molecule has 1 N–H and O–H groups in total. The van der Waals surface area contributed by atoms with E-state index in [0.29, 0.717) is 28.6 Å². The quantitative estimate of drug-likeness (QED) is 0.521. The molecule has 8 heteroatoms. The van der Waals surface area contributed by atoms with Crippen LogP contribution in [0.2, 0.25) is 5.02 Å². The minimum absolute atomic E-state index is 0.172. The molecule has 1 saturated heterocycles. The maximum atomic E-state index is 12.9. The highest BCUT2D eigenvalue weighted by Crippen LogP contribution is 2.28. The second kappa shape index (κ2) is 8.58. The Hall–Kier alpha value is -2.64. The number of halogens is 2. The number of hydrogen-bond donors (Lipinski definition) is 1. The van der Waals surface area contributed by atoms with Gasteiger partial charge in [-0.15, -0.1) is 0 Å². The number of barbiturate groups is 1. The average molecular weight is 464 g/mol. The van der Waals surface area contributed by atoms with Gasteiger partial charge in [0.15, 0.2) is 0 Å². The first kappa shape index (κ1) is 20.1. The van der Waals surface area contributed by atoms with Crippen LogP contribution in [0.5, 0.6) is 5.75 Å². The Morgan fingerprint density at radius 3 is 2.54 bits per heavy atom. The lowest BCUT2D eigenvalue weighted by atomic mass is 10.1. The summed E-state index contributed by atoms with van der Waals surface area (Å²) in [7, 11) is 0. The molecule has 2 aromatic carbocycles. The van der Waals surface area contributed by atoms with Crippen LogP contribution in [-0.4, -0.2) is 24.5 Å². The van der Waals surface area contributed by atoms with Gasteiger partial charge in [0.1, 0.15) is 11.3 Å². The average Bonchev–Trinajstić information content (AvgIpc) is 2.66. The van der Waals surface area contributed by atoms with E-state index >= 15 is 0 Å². The van der Waals surface area contributed by atoms with Crippen molar-refractivity contribution in [1.29, 1.82) is 0 Å². The minimum Gasteiger partial charge on any atom is -0.493 e. The van der Waals surface area contributed by atoms with Gasteiger partial charge in [-0.1, -0.05) is 34.5 Å². The fourth-order valence-corrected chi connectivity index (χ4v) is 3.12. The van der Waals surface area contributed by atoms with Crippen LogP contribution in [0.4, 0.5) is 10.5 Å². The molecule has 144 valence electrons. The number of ether oxygens (including phenoxy) is 1. The number of rotatable bonds is 5. The number of carbonyl (C=O) groups is 3. The second-order valence-electron chi connectivity index (χ2n) is 5.96. The van der Waals surface area contributed by atoms with E-state index in [1.165, 1.54) is 18.2 Å².